The topological polar surface area (TPSA) is 104 Å². The molecule has 5 N–H and O–H groups in total. The van der Waals surface area contributed by atoms with Crippen LogP contribution >= 0.6 is 0 Å². The van der Waals surface area contributed by atoms with Crippen molar-refractivity contribution >= 4 is 17.5 Å². The van der Waals surface area contributed by atoms with Gasteiger partial charge in [0.05, 0.1) is 0 Å². The Morgan fingerprint density at radius 2 is 1.69 bits per heavy atom. The zero-order valence-electron chi connectivity index (χ0n) is 17.4. The highest BCUT2D eigenvalue weighted by atomic mass is 16.3. The Morgan fingerprint density at radius 1 is 1.03 bits per heavy atom. The molecular weight excluding hydrogens is 366 g/mol. The highest BCUT2D eigenvalue weighted by Crippen LogP contribution is 2.25. The van der Waals surface area contributed by atoms with E-state index in [0.717, 1.165) is 24.0 Å². The van der Waals surface area contributed by atoms with Crippen molar-refractivity contribution in [1.29, 1.82) is 0 Å². The first kappa shape index (κ1) is 22.4. The summed E-state index contributed by atoms with van der Waals surface area (Å²) < 4.78 is 0. The van der Waals surface area contributed by atoms with E-state index in [1.807, 2.05) is 45.0 Å². The van der Waals surface area contributed by atoms with E-state index in [1.54, 1.807) is 24.3 Å². The summed E-state index contributed by atoms with van der Waals surface area (Å²) >= 11 is 0. The number of carbonyl (C=O) groups excluding carboxylic acids is 2. The van der Waals surface area contributed by atoms with Gasteiger partial charge in [-0.1, -0.05) is 45.0 Å². The molecule has 6 heteroatoms. The highest BCUT2D eigenvalue weighted by molar-refractivity contribution is 5.98. The summed E-state index contributed by atoms with van der Waals surface area (Å²) in [5.74, 6) is -0.242. The normalized spacial score (nSPS) is 12.3. The summed E-state index contributed by atoms with van der Waals surface area (Å²) in [6.45, 7) is 6.00. The van der Waals surface area contributed by atoms with Gasteiger partial charge < -0.3 is 21.5 Å². The third-order valence-corrected chi connectivity index (χ3v) is 4.56. The Bertz CT molecular complexity index is 843. The Balaban J connectivity index is 2.15. The zero-order valence-corrected chi connectivity index (χ0v) is 17.4. The zero-order chi connectivity index (χ0) is 21.4. The minimum absolute atomic E-state index is 0.168. The average molecular weight is 398 g/mol. The van der Waals surface area contributed by atoms with E-state index in [2.05, 4.69) is 10.6 Å². The van der Waals surface area contributed by atoms with Crippen molar-refractivity contribution in [2.45, 2.75) is 46.1 Å². The molecule has 0 unspecified atom stereocenters. The molecule has 2 rings (SSSR count). The molecule has 0 bridgehead atoms. The maximum Gasteiger partial charge on any atom is 0.246 e. The number of nitrogens with two attached hydrogens (primary N) is 1. The number of carbonyl (C=O) groups is 2. The fourth-order valence-corrected chi connectivity index (χ4v) is 2.83. The van der Waals surface area contributed by atoms with E-state index in [4.69, 9.17) is 5.73 Å². The minimum Gasteiger partial charge on any atom is -0.508 e. The largest absolute Gasteiger partial charge is 0.508 e. The van der Waals surface area contributed by atoms with Crippen LogP contribution < -0.4 is 16.4 Å². The number of phenols is 1. The van der Waals surface area contributed by atoms with Gasteiger partial charge in [-0.2, -0.15) is 0 Å². The molecule has 0 aliphatic rings. The van der Waals surface area contributed by atoms with E-state index >= 15 is 0 Å². The van der Waals surface area contributed by atoms with Gasteiger partial charge in [-0.3, -0.25) is 9.59 Å². The Kier molecular flexibility index (Phi) is 7.79. The van der Waals surface area contributed by atoms with Gasteiger partial charge in [-0.25, -0.2) is 0 Å². The quantitative estimate of drug-likeness (QED) is 0.510. The summed E-state index contributed by atoms with van der Waals surface area (Å²) in [5.41, 5.74) is 7.33. The van der Waals surface area contributed by atoms with Crippen LogP contribution in [0.4, 0.5) is 5.69 Å². The van der Waals surface area contributed by atoms with Gasteiger partial charge in [0, 0.05) is 11.1 Å². The first-order chi connectivity index (χ1) is 13.7. The molecule has 2 aromatic carbocycles. The number of aromatic hydroxyl groups is 1. The second-order valence-corrected chi connectivity index (χ2v) is 8.18. The molecule has 29 heavy (non-hydrogen) atoms. The van der Waals surface area contributed by atoms with Crippen molar-refractivity contribution in [2.75, 3.05) is 11.9 Å². The lowest BCUT2D eigenvalue weighted by atomic mass is 9.94. The van der Waals surface area contributed by atoms with Crippen LogP contribution in [0.3, 0.4) is 0 Å². The van der Waals surface area contributed by atoms with Gasteiger partial charge in [0.1, 0.15) is 11.8 Å². The van der Waals surface area contributed by atoms with Crippen LogP contribution in [0.15, 0.2) is 48.5 Å². The fraction of sp³-hybridized carbons (Fsp3) is 0.391. The van der Waals surface area contributed by atoms with Crippen molar-refractivity contribution in [3.8, 4) is 16.9 Å². The van der Waals surface area contributed by atoms with E-state index in [0.29, 0.717) is 18.7 Å². The van der Waals surface area contributed by atoms with Crippen LogP contribution in [-0.2, 0) is 9.59 Å². The van der Waals surface area contributed by atoms with E-state index < -0.39 is 11.5 Å². The van der Waals surface area contributed by atoms with Gasteiger partial charge in [0.2, 0.25) is 11.8 Å². The predicted octanol–water partition coefficient (Wildman–Crippen LogP) is 3.66. The van der Waals surface area contributed by atoms with Crippen LogP contribution in [0.5, 0.6) is 5.75 Å². The molecule has 0 aromatic heterocycles. The number of benzene rings is 2. The molecule has 156 valence electrons. The standard InChI is InChI=1S/C23H31N3O3/c1-23(2,3)22(29)26-20(12-4-5-13-24)21(28)25-18-10-6-8-16(14-18)17-9-7-11-19(27)15-17/h6-11,14-15,20,27H,4-5,12-13,24H2,1-3H3,(H,25,28)(H,26,29)/t20-/m0/s1. The maximum absolute atomic E-state index is 12.9. The number of unbranched alkanes of at least 4 members (excludes halogenated alkanes) is 1. The molecule has 0 aliphatic heterocycles. The molecule has 2 aromatic rings. The van der Waals surface area contributed by atoms with Crippen molar-refractivity contribution < 1.29 is 14.7 Å². The number of anilines is 1. The first-order valence-electron chi connectivity index (χ1n) is 9.92. The molecule has 2 amide bonds. The Labute approximate surface area is 172 Å². The fourth-order valence-electron chi connectivity index (χ4n) is 2.83. The number of rotatable bonds is 8. The number of hydrogen-bond acceptors (Lipinski definition) is 4. The number of nitrogens with one attached hydrogen (secondary N) is 2. The monoisotopic (exact) mass is 397 g/mol. The van der Waals surface area contributed by atoms with Crippen molar-refractivity contribution in [1.82, 2.24) is 5.32 Å². The minimum atomic E-state index is -0.627. The molecule has 0 heterocycles. The summed E-state index contributed by atoms with van der Waals surface area (Å²) in [6, 6.07) is 13.7. The van der Waals surface area contributed by atoms with Crippen LogP contribution in [0.25, 0.3) is 11.1 Å². The van der Waals surface area contributed by atoms with E-state index in [1.165, 1.54) is 0 Å². The molecule has 6 nitrogen and oxygen atoms in total. The summed E-state index contributed by atoms with van der Waals surface area (Å²) in [6.07, 6.45) is 2.07. The molecule has 0 fully saturated rings. The lowest BCUT2D eigenvalue weighted by molar-refractivity contribution is -0.132. The smallest absolute Gasteiger partial charge is 0.246 e. The van der Waals surface area contributed by atoms with Crippen LogP contribution in [-0.4, -0.2) is 29.5 Å². The molecule has 1 atom stereocenters. The van der Waals surface area contributed by atoms with E-state index in [9.17, 15) is 14.7 Å². The number of hydrogen-bond donors (Lipinski definition) is 4. The molecule has 0 radical (unpaired) electrons. The predicted molar refractivity (Wildman–Crippen MR) is 116 cm³/mol. The van der Waals surface area contributed by atoms with Gasteiger partial charge in [0.25, 0.3) is 0 Å². The number of phenolic OH excluding ortho intramolecular Hbond substituents is 1. The third kappa shape index (κ3) is 6.91. The average Bonchev–Trinajstić information content (AvgIpc) is 2.66. The second-order valence-electron chi connectivity index (χ2n) is 8.18. The van der Waals surface area contributed by atoms with Gasteiger partial charge in [0.15, 0.2) is 0 Å². The lowest BCUT2D eigenvalue weighted by Gasteiger charge is -2.24. The van der Waals surface area contributed by atoms with Crippen molar-refractivity contribution in [2.24, 2.45) is 11.1 Å². The van der Waals surface area contributed by atoms with Crippen molar-refractivity contribution in [3.05, 3.63) is 48.5 Å². The molecule has 0 spiro atoms. The Hall–Kier alpha value is -2.86. The third-order valence-electron chi connectivity index (χ3n) is 4.56. The highest BCUT2D eigenvalue weighted by Gasteiger charge is 2.27. The van der Waals surface area contributed by atoms with Crippen LogP contribution in [0, 0.1) is 5.41 Å². The molecule has 0 aliphatic carbocycles. The number of amides is 2. The second kappa shape index (κ2) is 10.1. The van der Waals surface area contributed by atoms with E-state index in [-0.39, 0.29) is 17.6 Å². The summed E-state index contributed by atoms with van der Waals surface area (Å²) in [5, 5.41) is 15.5. The SMILES string of the molecule is CC(C)(C)C(=O)N[C@@H](CCCCN)C(=O)Nc1cccc(-c2cccc(O)c2)c1. The van der Waals surface area contributed by atoms with Crippen molar-refractivity contribution in [3.63, 3.8) is 0 Å². The maximum atomic E-state index is 12.9. The van der Waals surface area contributed by atoms with Gasteiger partial charge in [-0.15, -0.1) is 0 Å². The van der Waals surface area contributed by atoms with Crippen LogP contribution in [0.1, 0.15) is 40.0 Å². The van der Waals surface area contributed by atoms with Crippen LogP contribution in [0.2, 0.25) is 0 Å². The Morgan fingerprint density at radius 3 is 2.31 bits per heavy atom. The van der Waals surface area contributed by atoms with Gasteiger partial charge >= 0.3 is 0 Å². The summed E-state index contributed by atoms with van der Waals surface area (Å²) in [4.78, 5) is 25.3. The first-order valence-corrected chi connectivity index (χ1v) is 9.92. The molecular formula is C23H31N3O3. The summed E-state index contributed by atoms with van der Waals surface area (Å²) in [7, 11) is 0. The van der Waals surface area contributed by atoms with Gasteiger partial charge in [-0.05, 0) is 61.2 Å². The molecule has 0 saturated carbocycles. The molecule has 0 saturated heterocycles. The lowest BCUT2D eigenvalue weighted by Crippen LogP contribution is -2.47.